The Kier molecular flexibility index (Phi) is 5.27. The first-order valence-corrected chi connectivity index (χ1v) is 8.25. The van der Waals surface area contributed by atoms with Crippen LogP contribution in [-0.4, -0.2) is 47.2 Å². The largest absolute Gasteiger partial charge is 0.507 e. The number of nitrogens with one attached hydrogen (secondary N) is 1. The number of benzene rings is 1. The summed E-state index contributed by atoms with van der Waals surface area (Å²) in [7, 11) is 1.52. The van der Waals surface area contributed by atoms with Gasteiger partial charge in [0.05, 0.1) is 12.7 Å². The fourth-order valence-corrected chi connectivity index (χ4v) is 4.40. The third-order valence-electron chi connectivity index (χ3n) is 2.82. The molecule has 2 N–H and O–H groups in total. The van der Waals surface area contributed by atoms with Crippen LogP contribution < -0.4 is 10.1 Å². The maximum absolute atomic E-state index is 12.0. The Bertz CT molecular complexity index is 448. The van der Waals surface area contributed by atoms with Crippen molar-refractivity contribution >= 4 is 29.4 Å². The van der Waals surface area contributed by atoms with Gasteiger partial charge in [0.2, 0.25) is 0 Å². The van der Waals surface area contributed by atoms with Gasteiger partial charge in [-0.15, -0.1) is 0 Å². The van der Waals surface area contributed by atoms with Crippen LogP contribution in [0.4, 0.5) is 0 Å². The molecule has 0 radical (unpaired) electrons. The van der Waals surface area contributed by atoms with Crippen LogP contribution in [0.1, 0.15) is 10.4 Å². The summed E-state index contributed by atoms with van der Waals surface area (Å²) in [5.74, 6) is 3.64. The zero-order chi connectivity index (χ0) is 13.7. The van der Waals surface area contributed by atoms with E-state index in [4.69, 9.17) is 4.74 Å². The van der Waals surface area contributed by atoms with Gasteiger partial charge in [-0.1, -0.05) is 0 Å². The molecule has 1 unspecified atom stereocenters. The van der Waals surface area contributed by atoms with Crippen LogP contribution in [-0.2, 0) is 0 Å². The number of phenolic OH excluding ortho intramolecular Hbond substituents is 1. The van der Waals surface area contributed by atoms with Gasteiger partial charge >= 0.3 is 0 Å². The Balaban J connectivity index is 1.92. The highest BCUT2D eigenvalue weighted by Gasteiger charge is 2.17. The molecule has 0 saturated carbocycles. The first-order valence-electron chi connectivity index (χ1n) is 6.05. The van der Waals surface area contributed by atoms with E-state index in [0.29, 0.717) is 17.5 Å². The van der Waals surface area contributed by atoms with Gasteiger partial charge in [0.15, 0.2) is 0 Å². The van der Waals surface area contributed by atoms with Crippen molar-refractivity contribution in [3.63, 3.8) is 0 Å². The molecule has 1 aliphatic rings. The average molecular weight is 299 g/mol. The molecule has 2 rings (SSSR count). The number of methoxy groups -OCH3 is 1. The minimum atomic E-state index is -0.240. The standard InChI is InChI=1S/C13H17NO3S2/c1-17-9-2-3-11(12(15)6-9)13(16)14-7-10-8-18-4-5-19-10/h2-3,6,10,15H,4-5,7-8H2,1H3,(H,14,16). The fraction of sp³-hybridized carbons (Fsp3) is 0.462. The van der Waals surface area contributed by atoms with Crippen molar-refractivity contribution in [1.82, 2.24) is 5.32 Å². The second-order valence-corrected chi connectivity index (χ2v) is 6.72. The number of amides is 1. The summed E-state index contributed by atoms with van der Waals surface area (Å²) < 4.78 is 4.99. The van der Waals surface area contributed by atoms with Gasteiger partial charge in [-0.3, -0.25) is 4.79 Å². The molecule has 0 bridgehead atoms. The van der Waals surface area contributed by atoms with Crippen LogP contribution in [0.2, 0.25) is 0 Å². The number of rotatable bonds is 4. The van der Waals surface area contributed by atoms with Gasteiger partial charge in [-0.05, 0) is 12.1 Å². The summed E-state index contributed by atoms with van der Waals surface area (Å²) in [5, 5.41) is 13.1. The van der Waals surface area contributed by atoms with E-state index >= 15 is 0 Å². The predicted molar refractivity (Wildman–Crippen MR) is 80.6 cm³/mol. The number of ether oxygens (including phenoxy) is 1. The summed E-state index contributed by atoms with van der Waals surface area (Å²) in [6.07, 6.45) is 0. The van der Waals surface area contributed by atoms with E-state index in [9.17, 15) is 9.90 Å². The average Bonchev–Trinajstić information content (AvgIpc) is 2.45. The fourth-order valence-electron chi connectivity index (χ4n) is 1.79. The van der Waals surface area contributed by atoms with Gasteiger partial charge in [0.1, 0.15) is 11.5 Å². The second-order valence-electron chi connectivity index (χ2n) is 4.16. The highest BCUT2D eigenvalue weighted by atomic mass is 32.2. The van der Waals surface area contributed by atoms with Crippen molar-refractivity contribution in [2.45, 2.75) is 5.25 Å². The summed E-state index contributed by atoms with van der Waals surface area (Å²) in [4.78, 5) is 12.0. The summed E-state index contributed by atoms with van der Waals surface area (Å²) in [5.41, 5.74) is 0.286. The van der Waals surface area contributed by atoms with E-state index in [-0.39, 0.29) is 17.2 Å². The first-order chi connectivity index (χ1) is 9.20. The van der Waals surface area contributed by atoms with Gasteiger partial charge in [-0.2, -0.15) is 23.5 Å². The Morgan fingerprint density at radius 1 is 1.53 bits per heavy atom. The lowest BCUT2D eigenvalue weighted by Gasteiger charge is -2.21. The number of hydrogen-bond acceptors (Lipinski definition) is 5. The van der Waals surface area contributed by atoms with Crippen LogP contribution in [0.25, 0.3) is 0 Å². The lowest BCUT2D eigenvalue weighted by molar-refractivity contribution is 0.0951. The first kappa shape index (κ1) is 14.4. The van der Waals surface area contributed by atoms with Crippen molar-refractivity contribution in [1.29, 1.82) is 0 Å². The topological polar surface area (TPSA) is 58.6 Å². The van der Waals surface area contributed by atoms with Crippen molar-refractivity contribution in [2.24, 2.45) is 0 Å². The molecule has 1 saturated heterocycles. The third kappa shape index (κ3) is 3.98. The number of phenols is 1. The van der Waals surface area contributed by atoms with Crippen molar-refractivity contribution in [2.75, 3.05) is 30.9 Å². The van der Waals surface area contributed by atoms with Crippen LogP contribution in [0.5, 0.6) is 11.5 Å². The number of hydrogen-bond donors (Lipinski definition) is 2. The van der Waals surface area contributed by atoms with Crippen molar-refractivity contribution in [3.05, 3.63) is 23.8 Å². The highest BCUT2D eigenvalue weighted by Crippen LogP contribution is 2.25. The maximum atomic E-state index is 12.0. The molecule has 19 heavy (non-hydrogen) atoms. The minimum absolute atomic E-state index is 0.0532. The zero-order valence-electron chi connectivity index (χ0n) is 10.7. The van der Waals surface area contributed by atoms with Gasteiger partial charge in [0, 0.05) is 35.1 Å². The molecule has 1 fully saturated rings. The van der Waals surface area contributed by atoms with Crippen LogP contribution in [0.3, 0.4) is 0 Å². The molecule has 104 valence electrons. The minimum Gasteiger partial charge on any atom is -0.507 e. The lowest BCUT2D eigenvalue weighted by atomic mass is 10.2. The van der Waals surface area contributed by atoms with Crippen molar-refractivity contribution < 1.29 is 14.6 Å². The predicted octanol–water partition coefficient (Wildman–Crippen LogP) is 1.98. The van der Waals surface area contributed by atoms with Crippen LogP contribution in [0.15, 0.2) is 18.2 Å². The zero-order valence-corrected chi connectivity index (χ0v) is 12.4. The quantitative estimate of drug-likeness (QED) is 0.890. The van der Waals surface area contributed by atoms with Crippen LogP contribution >= 0.6 is 23.5 Å². The van der Waals surface area contributed by atoms with E-state index in [2.05, 4.69) is 5.32 Å². The molecule has 6 heteroatoms. The Hall–Kier alpha value is -1.01. The molecule has 1 aromatic carbocycles. The molecule has 1 atom stereocenters. The normalized spacial score (nSPS) is 18.9. The van der Waals surface area contributed by atoms with Gasteiger partial charge < -0.3 is 15.2 Å². The van der Waals surface area contributed by atoms with E-state index in [1.54, 1.807) is 12.1 Å². The highest BCUT2D eigenvalue weighted by molar-refractivity contribution is 8.06. The molecule has 1 amide bonds. The number of carbonyl (C=O) groups excluding carboxylic acids is 1. The molecule has 4 nitrogen and oxygen atoms in total. The molecular formula is C13H17NO3S2. The number of carbonyl (C=O) groups is 1. The Morgan fingerprint density at radius 3 is 3.00 bits per heavy atom. The molecule has 1 aromatic rings. The van der Waals surface area contributed by atoms with E-state index < -0.39 is 0 Å². The molecule has 1 aliphatic heterocycles. The van der Waals surface area contributed by atoms with Crippen molar-refractivity contribution in [3.8, 4) is 11.5 Å². The summed E-state index contributed by atoms with van der Waals surface area (Å²) in [6.45, 7) is 0.641. The molecule has 0 aliphatic carbocycles. The SMILES string of the molecule is COc1ccc(C(=O)NCC2CSCCS2)c(O)c1. The third-order valence-corrected chi connectivity index (χ3v) is 5.67. The summed E-state index contributed by atoms with van der Waals surface area (Å²) in [6, 6.07) is 4.69. The van der Waals surface area contributed by atoms with E-state index in [1.165, 1.54) is 18.9 Å². The van der Waals surface area contributed by atoms with E-state index in [0.717, 1.165) is 11.5 Å². The summed E-state index contributed by atoms with van der Waals surface area (Å²) >= 11 is 3.81. The van der Waals surface area contributed by atoms with Crippen LogP contribution in [0, 0.1) is 0 Å². The molecule has 0 spiro atoms. The monoisotopic (exact) mass is 299 g/mol. The smallest absolute Gasteiger partial charge is 0.255 e. The molecular weight excluding hydrogens is 282 g/mol. The molecule has 1 heterocycles. The van der Waals surface area contributed by atoms with Gasteiger partial charge in [0.25, 0.3) is 5.91 Å². The number of thioether (sulfide) groups is 2. The molecule has 0 aromatic heterocycles. The lowest BCUT2D eigenvalue weighted by Crippen LogP contribution is -2.33. The Morgan fingerprint density at radius 2 is 2.37 bits per heavy atom. The van der Waals surface area contributed by atoms with E-state index in [1.807, 2.05) is 23.5 Å². The second kappa shape index (κ2) is 6.96. The Labute approximate surface area is 121 Å². The maximum Gasteiger partial charge on any atom is 0.255 e. The number of aromatic hydroxyl groups is 1. The van der Waals surface area contributed by atoms with Gasteiger partial charge in [-0.25, -0.2) is 0 Å².